The highest BCUT2D eigenvalue weighted by atomic mass is 16.6. The Morgan fingerprint density at radius 1 is 1.02 bits per heavy atom. The average Bonchev–Trinajstić information content (AvgIpc) is 2.94. The van der Waals surface area contributed by atoms with Crippen molar-refractivity contribution in [3.63, 3.8) is 0 Å². The number of rotatable bonds is 12. The van der Waals surface area contributed by atoms with E-state index in [9.17, 15) is 24.3 Å². The molecule has 0 aromatic heterocycles. The summed E-state index contributed by atoms with van der Waals surface area (Å²) in [5, 5.41) is 14.8. The van der Waals surface area contributed by atoms with Crippen LogP contribution in [0.2, 0.25) is 0 Å². The maximum atomic E-state index is 13.4. The summed E-state index contributed by atoms with van der Waals surface area (Å²) < 4.78 is 10.9. The second kappa shape index (κ2) is 14.5. The largest absolute Gasteiger partial charge is 0.478 e. The maximum absolute atomic E-state index is 13.4. The van der Waals surface area contributed by atoms with Crippen molar-refractivity contribution in [3.05, 3.63) is 65.2 Å². The van der Waals surface area contributed by atoms with Gasteiger partial charge in [0.1, 0.15) is 11.6 Å². The van der Waals surface area contributed by atoms with Crippen molar-refractivity contribution in [2.45, 2.75) is 77.9 Å². The highest BCUT2D eigenvalue weighted by molar-refractivity contribution is 5.94. The van der Waals surface area contributed by atoms with Crippen molar-refractivity contribution < 1.29 is 33.8 Å². The summed E-state index contributed by atoms with van der Waals surface area (Å²) in [6.45, 7) is 13.2. The first-order chi connectivity index (χ1) is 20.2. The third-order valence-electron chi connectivity index (χ3n) is 7.40. The SMILES string of the molecule is CCOCC1CCN(c2ccc(C[C@H](NC(=O)OC(C)(C)C)C(=O)NCC(C)(C)c3ccc(C(=O)O)cc3)cc2)C(=O)C1. The Balaban J connectivity index is 1.69. The third-order valence-corrected chi connectivity index (χ3v) is 7.40. The number of carboxylic acid groups (broad SMARTS) is 1. The van der Waals surface area contributed by atoms with Crippen LogP contribution in [0.25, 0.3) is 0 Å². The molecule has 10 heteroatoms. The number of benzene rings is 2. The summed E-state index contributed by atoms with van der Waals surface area (Å²) in [5.74, 6) is -1.09. The highest BCUT2D eigenvalue weighted by Crippen LogP contribution is 2.26. The van der Waals surface area contributed by atoms with Gasteiger partial charge in [0, 0.05) is 50.2 Å². The molecule has 0 bridgehead atoms. The number of anilines is 1. The number of aromatic carboxylic acids is 1. The minimum Gasteiger partial charge on any atom is -0.478 e. The van der Waals surface area contributed by atoms with E-state index < -0.39 is 29.1 Å². The molecule has 2 atom stereocenters. The van der Waals surface area contributed by atoms with Gasteiger partial charge in [-0.3, -0.25) is 9.59 Å². The molecule has 2 aromatic carbocycles. The monoisotopic (exact) mass is 595 g/mol. The van der Waals surface area contributed by atoms with Crippen LogP contribution in [0.4, 0.5) is 10.5 Å². The molecule has 2 aromatic rings. The Labute approximate surface area is 254 Å². The fraction of sp³-hybridized carbons (Fsp3) is 0.515. The number of alkyl carbamates (subject to hydrolysis) is 1. The van der Waals surface area contributed by atoms with Gasteiger partial charge in [0.05, 0.1) is 5.56 Å². The lowest BCUT2D eigenvalue weighted by molar-refractivity contribution is -0.123. The van der Waals surface area contributed by atoms with Crippen LogP contribution < -0.4 is 15.5 Å². The molecule has 1 aliphatic rings. The van der Waals surface area contributed by atoms with Gasteiger partial charge in [-0.25, -0.2) is 9.59 Å². The minimum absolute atomic E-state index is 0.0627. The van der Waals surface area contributed by atoms with E-state index in [1.807, 2.05) is 45.0 Å². The summed E-state index contributed by atoms with van der Waals surface area (Å²) in [6.07, 6.45) is 0.830. The van der Waals surface area contributed by atoms with Gasteiger partial charge in [-0.2, -0.15) is 0 Å². The van der Waals surface area contributed by atoms with E-state index in [-0.39, 0.29) is 36.3 Å². The van der Waals surface area contributed by atoms with Crippen molar-refractivity contribution >= 4 is 29.6 Å². The van der Waals surface area contributed by atoms with Crippen molar-refractivity contribution in [1.29, 1.82) is 0 Å². The fourth-order valence-corrected chi connectivity index (χ4v) is 4.90. The maximum Gasteiger partial charge on any atom is 0.408 e. The molecule has 234 valence electrons. The number of nitrogens with one attached hydrogen (secondary N) is 2. The van der Waals surface area contributed by atoms with Crippen LogP contribution in [-0.2, 0) is 30.9 Å². The lowest BCUT2D eigenvalue weighted by Gasteiger charge is -2.31. The molecule has 1 heterocycles. The topological polar surface area (TPSA) is 134 Å². The lowest BCUT2D eigenvalue weighted by Crippen LogP contribution is -2.51. The Kier molecular flexibility index (Phi) is 11.3. The molecule has 1 fully saturated rings. The Morgan fingerprint density at radius 3 is 2.23 bits per heavy atom. The number of carbonyl (C=O) groups excluding carboxylic acids is 3. The number of ether oxygens (including phenoxy) is 2. The number of carbonyl (C=O) groups is 4. The third kappa shape index (κ3) is 10.1. The summed E-state index contributed by atoms with van der Waals surface area (Å²) in [5.41, 5.74) is 1.41. The van der Waals surface area contributed by atoms with E-state index in [2.05, 4.69) is 10.6 Å². The first kappa shape index (κ1) is 33.6. The molecule has 10 nitrogen and oxygen atoms in total. The number of carboxylic acids is 1. The predicted octanol–water partition coefficient (Wildman–Crippen LogP) is 4.69. The summed E-state index contributed by atoms with van der Waals surface area (Å²) in [7, 11) is 0. The molecule has 1 unspecified atom stereocenters. The Morgan fingerprint density at radius 2 is 1.67 bits per heavy atom. The smallest absolute Gasteiger partial charge is 0.408 e. The zero-order valence-electron chi connectivity index (χ0n) is 26.1. The summed E-state index contributed by atoms with van der Waals surface area (Å²) >= 11 is 0. The fourth-order valence-electron chi connectivity index (χ4n) is 4.90. The summed E-state index contributed by atoms with van der Waals surface area (Å²) in [4.78, 5) is 51.8. The van der Waals surface area contributed by atoms with E-state index in [4.69, 9.17) is 9.47 Å². The molecule has 0 radical (unpaired) electrons. The molecule has 0 aliphatic carbocycles. The first-order valence-corrected chi connectivity index (χ1v) is 14.8. The zero-order chi connectivity index (χ0) is 31.8. The van der Waals surface area contributed by atoms with Crippen LogP contribution >= 0.6 is 0 Å². The second-order valence-corrected chi connectivity index (χ2v) is 12.6. The average molecular weight is 596 g/mol. The molecular formula is C33H45N3O7. The lowest BCUT2D eigenvalue weighted by atomic mass is 9.84. The Bertz CT molecular complexity index is 1270. The van der Waals surface area contributed by atoms with Crippen LogP contribution in [0.5, 0.6) is 0 Å². The van der Waals surface area contributed by atoms with Crippen LogP contribution in [0.1, 0.15) is 75.9 Å². The number of amides is 3. The molecule has 0 spiro atoms. The number of piperidine rings is 1. The van der Waals surface area contributed by atoms with Gasteiger partial charge in [-0.05, 0) is 75.4 Å². The van der Waals surface area contributed by atoms with E-state index in [1.165, 1.54) is 12.1 Å². The van der Waals surface area contributed by atoms with E-state index in [0.29, 0.717) is 26.2 Å². The van der Waals surface area contributed by atoms with Crippen LogP contribution in [0, 0.1) is 5.92 Å². The van der Waals surface area contributed by atoms with E-state index in [1.54, 1.807) is 37.8 Å². The van der Waals surface area contributed by atoms with Crippen LogP contribution in [-0.4, -0.2) is 66.9 Å². The molecule has 43 heavy (non-hydrogen) atoms. The molecule has 3 N–H and O–H groups in total. The van der Waals surface area contributed by atoms with Gasteiger partial charge in [0.25, 0.3) is 0 Å². The second-order valence-electron chi connectivity index (χ2n) is 12.6. The van der Waals surface area contributed by atoms with Crippen LogP contribution in [0.15, 0.2) is 48.5 Å². The van der Waals surface area contributed by atoms with Gasteiger partial charge in [0.2, 0.25) is 11.8 Å². The van der Waals surface area contributed by atoms with Crippen molar-refractivity contribution in [1.82, 2.24) is 10.6 Å². The van der Waals surface area contributed by atoms with Crippen molar-refractivity contribution in [2.24, 2.45) is 5.92 Å². The van der Waals surface area contributed by atoms with E-state index in [0.717, 1.165) is 23.2 Å². The van der Waals surface area contributed by atoms with Crippen molar-refractivity contribution in [2.75, 3.05) is 31.2 Å². The van der Waals surface area contributed by atoms with Gasteiger partial charge >= 0.3 is 12.1 Å². The quantitative estimate of drug-likeness (QED) is 0.324. The van der Waals surface area contributed by atoms with Gasteiger partial charge in [-0.15, -0.1) is 0 Å². The van der Waals surface area contributed by atoms with E-state index >= 15 is 0 Å². The van der Waals surface area contributed by atoms with Crippen molar-refractivity contribution in [3.8, 4) is 0 Å². The van der Waals surface area contributed by atoms with Gasteiger partial charge < -0.3 is 30.1 Å². The zero-order valence-corrected chi connectivity index (χ0v) is 26.1. The molecule has 0 saturated carbocycles. The molecule has 1 saturated heterocycles. The van der Waals surface area contributed by atoms with Gasteiger partial charge in [-0.1, -0.05) is 38.1 Å². The minimum atomic E-state index is -1.00. The number of hydrogen-bond donors (Lipinski definition) is 3. The standard InChI is InChI=1S/C33H45N3O7/c1-7-42-20-23-16-17-36(28(37)19-23)26-14-8-22(9-15-26)18-27(35-31(41)43-32(2,3)4)29(38)34-21-33(5,6)25-12-10-24(11-13-25)30(39)40/h8-15,23,27H,7,16-21H2,1-6H3,(H,34,38)(H,35,41)(H,39,40)/t23?,27-/m0/s1. The first-order valence-electron chi connectivity index (χ1n) is 14.8. The molecule has 3 rings (SSSR count). The number of nitrogens with zero attached hydrogens (tertiary/aromatic N) is 1. The van der Waals surface area contributed by atoms with Crippen LogP contribution in [0.3, 0.4) is 0 Å². The molecular weight excluding hydrogens is 550 g/mol. The summed E-state index contributed by atoms with van der Waals surface area (Å²) in [6, 6.07) is 13.1. The Hall–Kier alpha value is -3.92. The van der Waals surface area contributed by atoms with Gasteiger partial charge in [0.15, 0.2) is 0 Å². The number of hydrogen-bond acceptors (Lipinski definition) is 6. The molecule has 1 aliphatic heterocycles. The molecule has 3 amide bonds. The predicted molar refractivity (Wildman–Crippen MR) is 164 cm³/mol. The normalized spacial score (nSPS) is 16.4. The highest BCUT2D eigenvalue weighted by Gasteiger charge is 2.29.